The van der Waals surface area contributed by atoms with Crippen molar-refractivity contribution >= 4 is 5.91 Å². The Kier molecular flexibility index (Phi) is 4.20. The molecule has 4 heteroatoms. The number of benzene rings is 1. The van der Waals surface area contributed by atoms with Crippen LogP contribution in [0.4, 0.5) is 0 Å². The molecule has 1 saturated carbocycles. The largest absolute Gasteiger partial charge is 0.494 e. The van der Waals surface area contributed by atoms with Crippen molar-refractivity contribution in [1.82, 2.24) is 5.32 Å². The smallest absolute Gasteiger partial charge is 0.223 e. The van der Waals surface area contributed by atoms with E-state index in [1.807, 2.05) is 31.2 Å². The second kappa shape index (κ2) is 5.87. The van der Waals surface area contributed by atoms with E-state index in [9.17, 15) is 9.90 Å². The molecule has 2 N–H and O–H groups in total. The van der Waals surface area contributed by atoms with E-state index in [0.29, 0.717) is 6.61 Å². The molecule has 0 heterocycles. The summed E-state index contributed by atoms with van der Waals surface area (Å²) in [7, 11) is 0. The highest BCUT2D eigenvalue weighted by Gasteiger charge is 2.29. The lowest BCUT2D eigenvalue weighted by Crippen LogP contribution is -2.29. The third-order valence-corrected chi connectivity index (χ3v) is 2.99. The van der Waals surface area contributed by atoms with E-state index in [0.717, 1.165) is 24.2 Å². The maximum Gasteiger partial charge on any atom is 0.223 e. The van der Waals surface area contributed by atoms with Crippen LogP contribution in [0.25, 0.3) is 0 Å². The number of hydrogen-bond donors (Lipinski definition) is 2. The summed E-state index contributed by atoms with van der Waals surface area (Å²) < 4.78 is 5.33. The molecule has 1 aliphatic rings. The third-order valence-electron chi connectivity index (χ3n) is 2.99. The minimum atomic E-state index is -0.664. The van der Waals surface area contributed by atoms with Gasteiger partial charge >= 0.3 is 0 Å². The lowest BCUT2D eigenvalue weighted by molar-refractivity contribution is -0.122. The van der Waals surface area contributed by atoms with Crippen molar-refractivity contribution in [3.8, 4) is 5.75 Å². The Morgan fingerprint density at radius 1 is 1.44 bits per heavy atom. The van der Waals surface area contributed by atoms with E-state index < -0.39 is 6.10 Å². The van der Waals surface area contributed by atoms with Crippen LogP contribution >= 0.6 is 0 Å². The maximum atomic E-state index is 11.4. The zero-order valence-corrected chi connectivity index (χ0v) is 10.6. The fraction of sp³-hybridized carbons (Fsp3) is 0.500. The van der Waals surface area contributed by atoms with Gasteiger partial charge in [0.1, 0.15) is 5.75 Å². The molecule has 1 amide bonds. The molecule has 0 spiro atoms. The molecule has 1 aromatic carbocycles. The van der Waals surface area contributed by atoms with Crippen molar-refractivity contribution in [3.05, 3.63) is 29.8 Å². The van der Waals surface area contributed by atoms with Gasteiger partial charge in [-0.05, 0) is 37.5 Å². The SMILES string of the molecule is CCOc1ccc(C(O)CNC(=O)C2CC2)cc1. The fourth-order valence-electron chi connectivity index (χ4n) is 1.76. The molecule has 0 radical (unpaired) electrons. The molecule has 0 aromatic heterocycles. The highest BCUT2D eigenvalue weighted by molar-refractivity contribution is 5.80. The van der Waals surface area contributed by atoms with Gasteiger partial charge in [-0.2, -0.15) is 0 Å². The number of amides is 1. The number of nitrogens with one attached hydrogen (secondary N) is 1. The van der Waals surface area contributed by atoms with Crippen molar-refractivity contribution in [2.45, 2.75) is 25.9 Å². The average Bonchev–Trinajstić information content (AvgIpc) is 3.21. The van der Waals surface area contributed by atoms with E-state index in [2.05, 4.69) is 5.32 Å². The van der Waals surface area contributed by atoms with Gasteiger partial charge in [-0.15, -0.1) is 0 Å². The van der Waals surface area contributed by atoms with Crippen LogP contribution < -0.4 is 10.1 Å². The van der Waals surface area contributed by atoms with Gasteiger partial charge in [0, 0.05) is 12.5 Å². The summed E-state index contributed by atoms with van der Waals surface area (Å²) in [6, 6.07) is 7.29. The minimum Gasteiger partial charge on any atom is -0.494 e. The number of aliphatic hydroxyl groups is 1. The van der Waals surface area contributed by atoms with Crippen LogP contribution in [0, 0.1) is 5.92 Å². The quantitative estimate of drug-likeness (QED) is 0.806. The zero-order valence-electron chi connectivity index (χ0n) is 10.6. The van der Waals surface area contributed by atoms with Gasteiger partial charge in [0.25, 0.3) is 0 Å². The standard InChI is InChI=1S/C14H19NO3/c1-2-18-12-7-5-10(6-8-12)13(16)9-15-14(17)11-3-4-11/h5-8,11,13,16H,2-4,9H2,1H3,(H,15,17). The molecular weight excluding hydrogens is 230 g/mol. The summed E-state index contributed by atoms with van der Waals surface area (Å²) in [5.41, 5.74) is 0.787. The first-order valence-electron chi connectivity index (χ1n) is 6.39. The van der Waals surface area contributed by atoms with Gasteiger partial charge in [0.05, 0.1) is 12.7 Å². The first kappa shape index (κ1) is 12.9. The van der Waals surface area contributed by atoms with Gasteiger partial charge in [-0.3, -0.25) is 4.79 Å². The predicted octanol–water partition coefficient (Wildman–Crippen LogP) is 1.64. The van der Waals surface area contributed by atoms with Crippen LogP contribution in [0.15, 0.2) is 24.3 Å². The summed E-state index contributed by atoms with van der Waals surface area (Å²) in [5.74, 6) is 1.02. The zero-order chi connectivity index (χ0) is 13.0. The molecule has 0 bridgehead atoms. The number of aliphatic hydroxyl groups excluding tert-OH is 1. The summed E-state index contributed by atoms with van der Waals surface area (Å²) in [5, 5.41) is 12.7. The number of carbonyl (C=O) groups is 1. The summed E-state index contributed by atoms with van der Waals surface area (Å²) in [4.78, 5) is 11.4. The second-order valence-electron chi connectivity index (χ2n) is 4.54. The first-order valence-corrected chi connectivity index (χ1v) is 6.39. The summed E-state index contributed by atoms with van der Waals surface area (Å²) >= 11 is 0. The Morgan fingerprint density at radius 2 is 2.11 bits per heavy atom. The Hall–Kier alpha value is -1.55. The molecule has 1 aliphatic carbocycles. The third kappa shape index (κ3) is 3.47. The number of rotatable bonds is 6. The van der Waals surface area contributed by atoms with Crippen molar-refractivity contribution in [1.29, 1.82) is 0 Å². The molecule has 0 saturated heterocycles. The van der Waals surface area contributed by atoms with Gasteiger partial charge < -0.3 is 15.2 Å². The second-order valence-corrected chi connectivity index (χ2v) is 4.54. The van der Waals surface area contributed by atoms with Crippen molar-refractivity contribution in [2.75, 3.05) is 13.2 Å². The van der Waals surface area contributed by atoms with E-state index in [1.165, 1.54) is 0 Å². The predicted molar refractivity (Wildman–Crippen MR) is 68.3 cm³/mol. The molecule has 4 nitrogen and oxygen atoms in total. The van der Waals surface area contributed by atoms with E-state index in [1.54, 1.807) is 0 Å². The molecule has 1 aromatic rings. The number of hydrogen-bond acceptors (Lipinski definition) is 3. The van der Waals surface area contributed by atoms with Gasteiger partial charge in [0.2, 0.25) is 5.91 Å². The van der Waals surface area contributed by atoms with Crippen LogP contribution in [0.5, 0.6) is 5.75 Å². The number of ether oxygens (including phenoxy) is 1. The molecule has 2 rings (SSSR count). The fourth-order valence-corrected chi connectivity index (χ4v) is 1.76. The maximum absolute atomic E-state index is 11.4. The highest BCUT2D eigenvalue weighted by Crippen LogP contribution is 2.28. The number of carbonyl (C=O) groups excluding carboxylic acids is 1. The molecule has 98 valence electrons. The van der Waals surface area contributed by atoms with Crippen molar-refractivity contribution in [3.63, 3.8) is 0 Å². The highest BCUT2D eigenvalue weighted by atomic mass is 16.5. The molecule has 18 heavy (non-hydrogen) atoms. The lowest BCUT2D eigenvalue weighted by atomic mass is 10.1. The Bertz CT molecular complexity index is 398. The molecule has 1 unspecified atom stereocenters. The topological polar surface area (TPSA) is 58.6 Å². The normalized spacial score (nSPS) is 16.1. The van der Waals surface area contributed by atoms with Gasteiger partial charge in [0.15, 0.2) is 0 Å². The van der Waals surface area contributed by atoms with Crippen LogP contribution in [-0.2, 0) is 4.79 Å². The summed E-state index contributed by atoms with van der Waals surface area (Å²) in [6.07, 6.45) is 1.29. The van der Waals surface area contributed by atoms with Crippen LogP contribution in [0.1, 0.15) is 31.4 Å². The van der Waals surface area contributed by atoms with Crippen LogP contribution in [-0.4, -0.2) is 24.2 Å². The molecular formula is C14H19NO3. The Labute approximate surface area is 107 Å². The molecule has 1 atom stereocenters. The minimum absolute atomic E-state index is 0.0555. The van der Waals surface area contributed by atoms with Crippen molar-refractivity contribution < 1.29 is 14.6 Å². The van der Waals surface area contributed by atoms with E-state index >= 15 is 0 Å². The van der Waals surface area contributed by atoms with E-state index in [-0.39, 0.29) is 18.4 Å². The van der Waals surface area contributed by atoms with Crippen LogP contribution in [0.2, 0.25) is 0 Å². The lowest BCUT2D eigenvalue weighted by Gasteiger charge is -2.12. The van der Waals surface area contributed by atoms with Crippen molar-refractivity contribution in [2.24, 2.45) is 5.92 Å². The van der Waals surface area contributed by atoms with Gasteiger partial charge in [-0.25, -0.2) is 0 Å². The summed E-state index contributed by atoms with van der Waals surface area (Å²) in [6.45, 7) is 2.82. The van der Waals surface area contributed by atoms with E-state index in [4.69, 9.17) is 4.74 Å². The first-order chi connectivity index (χ1) is 8.70. The Morgan fingerprint density at radius 3 is 2.67 bits per heavy atom. The average molecular weight is 249 g/mol. The van der Waals surface area contributed by atoms with Crippen LogP contribution in [0.3, 0.4) is 0 Å². The Balaban J connectivity index is 1.83. The van der Waals surface area contributed by atoms with Gasteiger partial charge in [-0.1, -0.05) is 12.1 Å². The molecule has 1 fully saturated rings. The molecule has 0 aliphatic heterocycles. The monoisotopic (exact) mass is 249 g/mol.